The molecule has 1 aromatic carbocycles. The molecule has 0 unspecified atom stereocenters. The van der Waals surface area contributed by atoms with Gasteiger partial charge in [-0.05, 0) is 54.8 Å². The van der Waals surface area contributed by atoms with Crippen LogP contribution in [0.25, 0.3) is 10.6 Å². The Bertz CT molecular complexity index is 850. The molecule has 0 saturated heterocycles. The molecule has 122 valence electrons. The highest BCUT2D eigenvalue weighted by atomic mass is 32.2. The summed E-state index contributed by atoms with van der Waals surface area (Å²) in [7, 11) is 0. The second kappa shape index (κ2) is 6.11. The number of hydrogen-bond acceptors (Lipinski definition) is 5. The summed E-state index contributed by atoms with van der Waals surface area (Å²) in [5.41, 5.74) is 0.993. The van der Waals surface area contributed by atoms with Crippen LogP contribution in [-0.4, -0.2) is 17.3 Å². The first-order chi connectivity index (χ1) is 11.7. The Labute approximate surface area is 148 Å². The second-order valence-electron chi connectivity index (χ2n) is 5.82. The smallest absolute Gasteiger partial charge is 0.236 e. The first-order valence-corrected chi connectivity index (χ1v) is 9.78. The van der Waals surface area contributed by atoms with E-state index in [1.54, 1.807) is 23.1 Å². The maximum absolute atomic E-state index is 12.8. The third-order valence-electron chi connectivity index (χ3n) is 4.30. The van der Waals surface area contributed by atoms with Gasteiger partial charge in [0.1, 0.15) is 0 Å². The average molecular weight is 356 g/mol. The largest absolute Gasteiger partial charge is 0.355 e. The first-order valence-electron chi connectivity index (χ1n) is 7.68. The first kappa shape index (κ1) is 15.5. The maximum atomic E-state index is 12.8. The molecule has 1 amide bonds. The number of benzene rings is 1. The monoisotopic (exact) mass is 356 g/mol. The van der Waals surface area contributed by atoms with E-state index in [1.807, 2.05) is 54.1 Å². The molecule has 1 fully saturated rings. The summed E-state index contributed by atoms with van der Waals surface area (Å²) in [6, 6.07) is 13.7. The fourth-order valence-electron chi connectivity index (χ4n) is 2.69. The highest BCUT2D eigenvalue weighted by Crippen LogP contribution is 2.49. The summed E-state index contributed by atoms with van der Waals surface area (Å²) in [6.07, 6.45) is 3.64. The van der Waals surface area contributed by atoms with Gasteiger partial charge in [0.15, 0.2) is 5.76 Å². The molecule has 0 spiro atoms. The average Bonchev–Trinajstić information content (AvgIpc) is 3.02. The van der Waals surface area contributed by atoms with E-state index in [1.165, 1.54) is 4.90 Å². The molecule has 24 heavy (non-hydrogen) atoms. The molecule has 3 aromatic rings. The minimum atomic E-state index is -0.544. The Morgan fingerprint density at radius 2 is 2.08 bits per heavy atom. The zero-order valence-electron chi connectivity index (χ0n) is 13.1. The zero-order chi connectivity index (χ0) is 16.6. The van der Waals surface area contributed by atoms with Crippen LogP contribution in [-0.2, 0) is 10.2 Å². The molecule has 0 radical (unpaired) electrons. The van der Waals surface area contributed by atoms with Crippen LogP contribution in [0.1, 0.15) is 18.5 Å². The molecule has 0 atom stereocenters. The molecule has 1 saturated carbocycles. The van der Waals surface area contributed by atoms with Gasteiger partial charge in [-0.3, -0.25) is 4.79 Å². The Morgan fingerprint density at radius 3 is 2.71 bits per heavy atom. The van der Waals surface area contributed by atoms with Gasteiger partial charge >= 0.3 is 0 Å². The summed E-state index contributed by atoms with van der Waals surface area (Å²) in [5, 5.41) is 9.17. The van der Waals surface area contributed by atoms with Gasteiger partial charge < -0.3 is 9.84 Å². The van der Waals surface area contributed by atoms with E-state index in [-0.39, 0.29) is 5.91 Å². The Hall–Kier alpha value is -2.05. The number of thioether (sulfide) groups is 1. The number of amides is 1. The Kier molecular flexibility index (Phi) is 3.94. The minimum absolute atomic E-state index is 0.00886. The van der Waals surface area contributed by atoms with Crippen LogP contribution in [0, 0.1) is 0 Å². The normalized spacial score (nSPS) is 15.2. The number of carbonyl (C=O) groups is 1. The predicted molar refractivity (Wildman–Crippen MR) is 97.6 cm³/mol. The lowest BCUT2D eigenvalue weighted by Crippen LogP contribution is -2.28. The molecule has 4 nitrogen and oxygen atoms in total. The molecule has 1 aliphatic carbocycles. The predicted octanol–water partition coefficient (Wildman–Crippen LogP) is 4.80. The van der Waals surface area contributed by atoms with Crippen molar-refractivity contribution in [3.63, 3.8) is 0 Å². The van der Waals surface area contributed by atoms with Crippen molar-refractivity contribution in [3.8, 4) is 10.6 Å². The van der Waals surface area contributed by atoms with Gasteiger partial charge in [0, 0.05) is 16.6 Å². The molecular formula is C18H16N2O2S2. The van der Waals surface area contributed by atoms with E-state index in [9.17, 15) is 4.79 Å². The number of carbonyl (C=O) groups excluding carboxylic acids is 1. The van der Waals surface area contributed by atoms with E-state index < -0.39 is 5.41 Å². The van der Waals surface area contributed by atoms with Crippen molar-refractivity contribution in [1.29, 1.82) is 0 Å². The Morgan fingerprint density at radius 1 is 1.29 bits per heavy atom. The molecule has 2 aromatic heterocycles. The lowest BCUT2D eigenvalue weighted by molar-refractivity contribution is -0.118. The lowest BCUT2D eigenvalue weighted by atomic mass is 10.0. The summed E-state index contributed by atoms with van der Waals surface area (Å²) in [5.74, 6) is 0.717. The van der Waals surface area contributed by atoms with Gasteiger partial charge in [0.05, 0.1) is 16.0 Å². The summed E-state index contributed by atoms with van der Waals surface area (Å²) < 4.78 is 5.44. The van der Waals surface area contributed by atoms with Gasteiger partial charge in [-0.15, -0.1) is 23.1 Å². The number of thiophene rings is 1. The lowest BCUT2D eigenvalue weighted by Gasteiger charge is -2.12. The van der Waals surface area contributed by atoms with Crippen molar-refractivity contribution >= 4 is 34.7 Å². The van der Waals surface area contributed by atoms with Crippen molar-refractivity contribution in [1.82, 2.24) is 5.16 Å². The number of nitrogens with one attached hydrogen (secondary N) is 1. The van der Waals surface area contributed by atoms with Crippen LogP contribution in [0.3, 0.4) is 0 Å². The molecular weight excluding hydrogens is 340 g/mol. The number of hydrogen-bond donors (Lipinski definition) is 1. The van der Waals surface area contributed by atoms with E-state index in [2.05, 4.69) is 10.5 Å². The quantitative estimate of drug-likeness (QED) is 0.668. The number of aromatic nitrogens is 1. The fraction of sp³-hybridized carbons (Fsp3) is 0.222. The van der Waals surface area contributed by atoms with Crippen molar-refractivity contribution in [3.05, 3.63) is 53.5 Å². The van der Waals surface area contributed by atoms with E-state index in [0.29, 0.717) is 0 Å². The van der Waals surface area contributed by atoms with E-state index >= 15 is 0 Å². The molecule has 4 rings (SSSR count). The SMILES string of the molecule is CSc1ccc(NC(=O)C2(c3cc(-c4cccs4)on3)CC2)cc1. The maximum Gasteiger partial charge on any atom is 0.236 e. The topological polar surface area (TPSA) is 55.1 Å². The van der Waals surface area contributed by atoms with Crippen molar-refractivity contribution in [2.75, 3.05) is 11.6 Å². The van der Waals surface area contributed by atoms with Crippen molar-refractivity contribution in [2.24, 2.45) is 0 Å². The van der Waals surface area contributed by atoms with Crippen LogP contribution in [0.5, 0.6) is 0 Å². The van der Waals surface area contributed by atoms with Gasteiger partial charge in [0.25, 0.3) is 0 Å². The standard InChI is InChI=1S/C18H16N2O2S2/c1-23-13-6-4-12(5-7-13)19-17(21)18(8-9-18)16-11-14(22-20-16)15-3-2-10-24-15/h2-7,10-11H,8-9H2,1H3,(H,19,21). The van der Waals surface area contributed by atoms with Crippen LogP contribution >= 0.6 is 23.1 Å². The minimum Gasteiger partial charge on any atom is -0.355 e. The van der Waals surface area contributed by atoms with E-state index in [4.69, 9.17) is 4.52 Å². The van der Waals surface area contributed by atoms with Crippen molar-refractivity contribution < 1.29 is 9.32 Å². The third-order valence-corrected chi connectivity index (χ3v) is 5.93. The van der Waals surface area contributed by atoms with Gasteiger partial charge in [-0.1, -0.05) is 11.2 Å². The summed E-state index contributed by atoms with van der Waals surface area (Å²) in [4.78, 5) is 14.9. The molecule has 1 aliphatic rings. The van der Waals surface area contributed by atoms with Crippen LogP contribution in [0.15, 0.2) is 57.3 Å². The highest BCUT2D eigenvalue weighted by molar-refractivity contribution is 7.98. The molecule has 1 N–H and O–H groups in total. The van der Waals surface area contributed by atoms with Crippen LogP contribution in [0.4, 0.5) is 5.69 Å². The molecule has 0 aliphatic heterocycles. The molecule has 2 heterocycles. The molecule has 0 bridgehead atoms. The molecule has 6 heteroatoms. The third kappa shape index (κ3) is 2.76. The Balaban J connectivity index is 1.53. The second-order valence-corrected chi connectivity index (χ2v) is 7.65. The highest BCUT2D eigenvalue weighted by Gasteiger charge is 2.53. The van der Waals surface area contributed by atoms with Gasteiger partial charge in [-0.25, -0.2) is 0 Å². The van der Waals surface area contributed by atoms with Crippen LogP contribution in [0.2, 0.25) is 0 Å². The zero-order valence-corrected chi connectivity index (χ0v) is 14.7. The number of nitrogens with zero attached hydrogens (tertiary/aromatic N) is 1. The fourth-order valence-corrected chi connectivity index (χ4v) is 3.77. The van der Waals surface area contributed by atoms with Crippen LogP contribution < -0.4 is 5.32 Å². The van der Waals surface area contributed by atoms with E-state index in [0.717, 1.165) is 34.9 Å². The van der Waals surface area contributed by atoms with Gasteiger partial charge in [-0.2, -0.15) is 0 Å². The van der Waals surface area contributed by atoms with Gasteiger partial charge in [0.2, 0.25) is 5.91 Å². The van der Waals surface area contributed by atoms with Crippen molar-refractivity contribution in [2.45, 2.75) is 23.2 Å². The number of anilines is 1. The summed E-state index contributed by atoms with van der Waals surface area (Å²) in [6.45, 7) is 0. The summed E-state index contributed by atoms with van der Waals surface area (Å²) >= 11 is 3.28. The number of rotatable bonds is 5.